The molecule has 0 aliphatic rings. The molecule has 2 N–H and O–H groups in total. The van der Waals surface area contributed by atoms with Gasteiger partial charge in [0.2, 0.25) is 0 Å². The fourth-order valence-electron chi connectivity index (χ4n) is 0.277. The average Bonchev–Trinajstić information content (AvgIpc) is 1.85. The van der Waals surface area contributed by atoms with Crippen molar-refractivity contribution in [3.05, 3.63) is 0 Å². The van der Waals surface area contributed by atoms with Crippen molar-refractivity contribution >= 4 is 18.1 Å². The van der Waals surface area contributed by atoms with Crippen LogP contribution in [0.15, 0.2) is 0 Å². The smallest absolute Gasteiger partial charge is 0.374 e. The lowest BCUT2D eigenvalue weighted by Gasteiger charge is -1.99. The quantitative estimate of drug-likeness (QED) is 0.266. The number of nitrogens with one attached hydrogen (secondary N) is 2. The number of carboxylic acid groups (broad SMARTS) is 1. The van der Waals surface area contributed by atoms with E-state index in [0.29, 0.717) is 6.21 Å². The molecule has 0 saturated heterocycles. The van der Waals surface area contributed by atoms with Crippen molar-refractivity contribution in [2.45, 2.75) is 0 Å². The van der Waals surface area contributed by atoms with Crippen LogP contribution in [-0.2, 0) is 4.79 Å². The molecule has 0 bridgehead atoms. The summed E-state index contributed by atoms with van der Waals surface area (Å²) in [7, 11) is 0. The predicted molar refractivity (Wildman–Crippen MR) is 27.4 cm³/mol. The molecule has 0 saturated carbocycles. The summed E-state index contributed by atoms with van der Waals surface area (Å²) >= 11 is 0. The highest BCUT2D eigenvalue weighted by atomic mass is 16.4. The maximum atomic E-state index is 10.3. The topological polar surface area (TPSA) is 107 Å². The summed E-state index contributed by atoms with van der Waals surface area (Å²) in [5.41, 5.74) is 6.18. The molecule has 0 unspecified atom stereocenters. The Morgan fingerprint density at radius 3 is 2.70 bits per heavy atom. The van der Waals surface area contributed by atoms with Gasteiger partial charge in [0.05, 0.1) is 16.9 Å². The van der Waals surface area contributed by atoms with Gasteiger partial charge in [0.15, 0.2) is 0 Å². The number of hydrogen-bond donors (Lipinski definition) is 2. The van der Waals surface area contributed by atoms with E-state index in [1.807, 2.05) is 0 Å². The molecule has 1 amide bonds. The van der Waals surface area contributed by atoms with Gasteiger partial charge in [-0.3, -0.25) is 4.79 Å². The summed E-state index contributed by atoms with van der Waals surface area (Å²) < 4.78 is 0. The van der Waals surface area contributed by atoms with Crippen molar-refractivity contribution in [3.8, 4) is 0 Å². The number of ketones is 1. The highest BCUT2D eigenvalue weighted by molar-refractivity contribution is 6.26. The van der Waals surface area contributed by atoms with Crippen LogP contribution in [-0.4, -0.2) is 29.4 Å². The third-order valence-corrected chi connectivity index (χ3v) is 0.615. The number of rotatable bonds is 3. The number of carbonyl (C=O) groups excluding carboxylic acids is 2. The highest BCUT2D eigenvalue weighted by Crippen LogP contribution is 1.60. The van der Waals surface area contributed by atoms with Gasteiger partial charge in [0.1, 0.15) is 6.09 Å². The molecule has 0 aromatic heterocycles. The minimum absolute atomic E-state index is 0.398. The van der Waals surface area contributed by atoms with Crippen LogP contribution >= 0.6 is 0 Å². The van der Waals surface area contributed by atoms with Gasteiger partial charge >= 0.3 is 6.21 Å². The summed E-state index contributed by atoms with van der Waals surface area (Å²) in [5, 5.41) is 11.4. The van der Waals surface area contributed by atoms with Crippen LogP contribution in [0.1, 0.15) is 0 Å². The van der Waals surface area contributed by atoms with E-state index >= 15 is 0 Å². The molecule has 10 heavy (non-hydrogen) atoms. The lowest BCUT2D eigenvalue weighted by Crippen LogP contribution is -2.39. The summed E-state index contributed by atoms with van der Waals surface area (Å²) in [5.74, 6) is -0.584. The lowest BCUT2D eigenvalue weighted by molar-refractivity contribution is -0.250. The Balaban J connectivity index is 3.60. The molecule has 6 heteroatoms. The second-order valence-corrected chi connectivity index (χ2v) is 1.37. The van der Waals surface area contributed by atoms with Crippen molar-refractivity contribution in [1.29, 1.82) is 5.53 Å². The lowest BCUT2D eigenvalue weighted by atomic mass is 10.4. The Bertz CT molecular complexity index is 194. The summed E-state index contributed by atoms with van der Waals surface area (Å²) in [6.45, 7) is -0.398. The van der Waals surface area contributed by atoms with Crippen molar-refractivity contribution in [2.75, 3.05) is 6.54 Å². The number of nitrogens with zero attached hydrogens (tertiary/aromatic N) is 1. The molecular weight excluding hydrogens is 138 g/mol. The largest absolute Gasteiger partial charge is 0.530 e. The van der Waals surface area contributed by atoms with Crippen molar-refractivity contribution in [1.82, 2.24) is 5.32 Å². The average molecular weight is 143 g/mol. The summed E-state index contributed by atoms with van der Waals surface area (Å²) in [6.07, 6.45) is -0.817. The Kier molecular flexibility index (Phi) is 3.51. The standard InChI is InChI=1S/C4H5N3O3/c5-7-2-3(8)1-6-4(9)10/h2,5-6H,1H2. The molecule has 6 nitrogen and oxygen atoms in total. The maximum absolute atomic E-state index is 10.3. The van der Waals surface area contributed by atoms with E-state index in [-0.39, 0.29) is 0 Å². The molecule has 0 aromatic carbocycles. The first-order chi connectivity index (χ1) is 4.66. The van der Waals surface area contributed by atoms with Gasteiger partial charge < -0.3 is 15.2 Å². The van der Waals surface area contributed by atoms with Crippen molar-refractivity contribution in [2.24, 2.45) is 0 Å². The fraction of sp³-hybridized carbons (Fsp3) is 0.250. The number of carbonyl (C=O) groups is 2. The Hall–Kier alpha value is -1.68. The van der Waals surface area contributed by atoms with E-state index in [2.05, 4.69) is 4.79 Å². The van der Waals surface area contributed by atoms with Gasteiger partial charge in [0.25, 0.3) is 5.78 Å². The van der Waals surface area contributed by atoms with Gasteiger partial charge in [-0.25, -0.2) is 0 Å². The van der Waals surface area contributed by atoms with Gasteiger partial charge in [-0.05, 0) is 0 Å². The minimum atomic E-state index is -1.52. The zero-order valence-corrected chi connectivity index (χ0v) is 4.96. The molecule has 0 aliphatic heterocycles. The van der Waals surface area contributed by atoms with E-state index in [4.69, 9.17) is 5.53 Å². The normalized spacial score (nSPS) is 7.60. The summed E-state index contributed by atoms with van der Waals surface area (Å²) in [6, 6.07) is 0. The van der Waals surface area contributed by atoms with Crippen LogP contribution in [0, 0.1) is 5.53 Å². The van der Waals surface area contributed by atoms with Crippen molar-refractivity contribution in [3.63, 3.8) is 0 Å². The van der Waals surface area contributed by atoms with Gasteiger partial charge in [-0.15, -0.1) is 0 Å². The van der Waals surface area contributed by atoms with E-state index in [1.54, 1.807) is 5.32 Å². The Labute approximate surface area is 56.1 Å². The SMILES string of the molecule is N=[N+]=CC(=O)CNC(=O)[O-]. The first-order valence-corrected chi connectivity index (χ1v) is 2.34. The first-order valence-electron chi connectivity index (χ1n) is 2.34. The van der Waals surface area contributed by atoms with E-state index in [0.717, 1.165) is 0 Å². The van der Waals surface area contributed by atoms with Crippen molar-refractivity contribution < 1.29 is 19.5 Å². The highest BCUT2D eigenvalue weighted by Gasteiger charge is 2.01. The molecule has 0 spiro atoms. The number of amides is 1. The third kappa shape index (κ3) is 4.48. The van der Waals surface area contributed by atoms with Crippen LogP contribution < -0.4 is 10.4 Å². The third-order valence-electron chi connectivity index (χ3n) is 0.615. The van der Waals surface area contributed by atoms with Crippen LogP contribution in [0.5, 0.6) is 0 Å². The van der Waals surface area contributed by atoms with Crippen LogP contribution in [0.2, 0.25) is 0 Å². The molecular formula is C4H5N3O3. The molecule has 0 aromatic rings. The first kappa shape index (κ1) is 8.32. The molecule has 54 valence electrons. The fourth-order valence-corrected chi connectivity index (χ4v) is 0.277. The number of Topliss-reactive ketones (excluding diaryl/α,β-unsaturated/α-hetero) is 1. The predicted octanol–water partition coefficient (Wildman–Crippen LogP) is -2.20. The van der Waals surface area contributed by atoms with Crippen LogP contribution in [0.25, 0.3) is 0 Å². The Morgan fingerprint density at radius 1 is 1.70 bits per heavy atom. The molecule has 0 heterocycles. The van der Waals surface area contributed by atoms with Crippen LogP contribution in [0.3, 0.4) is 0 Å². The van der Waals surface area contributed by atoms with Gasteiger partial charge in [0, 0.05) is 0 Å². The second-order valence-electron chi connectivity index (χ2n) is 1.37. The molecule has 0 aliphatic carbocycles. The molecule has 0 fully saturated rings. The monoisotopic (exact) mass is 143 g/mol. The molecule has 0 rings (SSSR count). The zero-order valence-electron chi connectivity index (χ0n) is 4.96. The molecule has 0 radical (unpaired) electrons. The van der Waals surface area contributed by atoms with Gasteiger partial charge in [-0.1, -0.05) is 0 Å². The Morgan fingerprint density at radius 2 is 2.30 bits per heavy atom. The van der Waals surface area contributed by atoms with E-state index < -0.39 is 18.4 Å². The minimum Gasteiger partial charge on any atom is -0.530 e. The number of hydrogen-bond acceptors (Lipinski definition) is 4. The van der Waals surface area contributed by atoms with E-state index in [9.17, 15) is 14.7 Å². The zero-order chi connectivity index (χ0) is 7.98. The maximum Gasteiger partial charge on any atom is 0.374 e. The summed E-state index contributed by atoms with van der Waals surface area (Å²) in [4.78, 5) is 22.6. The molecule has 0 atom stereocenters. The van der Waals surface area contributed by atoms with E-state index in [1.165, 1.54) is 0 Å². The second kappa shape index (κ2) is 4.22. The van der Waals surface area contributed by atoms with Crippen LogP contribution in [0.4, 0.5) is 4.79 Å². The van der Waals surface area contributed by atoms with Gasteiger partial charge in [-0.2, -0.15) is 0 Å².